The molecule has 1 fully saturated rings. The van der Waals surface area contributed by atoms with Crippen molar-refractivity contribution < 1.29 is 38.5 Å². The summed E-state index contributed by atoms with van der Waals surface area (Å²) in [5, 5.41) is 15.3. The van der Waals surface area contributed by atoms with E-state index in [9.17, 15) is 24.3 Å². The van der Waals surface area contributed by atoms with E-state index in [1.54, 1.807) is 59.1 Å². The zero-order valence-electron chi connectivity index (χ0n) is 25.1. The Morgan fingerprint density at radius 3 is 2.12 bits per heavy atom. The van der Waals surface area contributed by atoms with Crippen molar-refractivity contribution in [2.24, 2.45) is 0 Å². The molecule has 1 aromatic rings. The van der Waals surface area contributed by atoms with Crippen LogP contribution in [0, 0.1) is 0 Å². The second kappa shape index (κ2) is 12.9. The number of hydrogen-bond acceptors (Lipinski definition) is 7. The fraction of sp³-hybridized carbons (Fsp3) is 0.655. The SMILES string of the molecule is COc1ccc(CC(NC(=O)[C@@H](NC(=O)OC(C)(C)C)[C@@H](C)OC(C)(C)C)C(=O)N2CCCC2(C)C(=O)O)cc1. The van der Waals surface area contributed by atoms with Crippen LogP contribution >= 0.6 is 0 Å². The maximum absolute atomic E-state index is 13.8. The van der Waals surface area contributed by atoms with Crippen LogP contribution in [0.15, 0.2) is 24.3 Å². The summed E-state index contributed by atoms with van der Waals surface area (Å²) in [6, 6.07) is 4.71. The molecule has 40 heavy (non-hydrogen) atoms. The van der Waals surface area contributed by atoms with Gasteiger partial charge >= 0.3 is 12.1 Å². The largest absolute Gasteiger partial charge is 0.497 e. The normalized spacial score (nSPS) is 19.8. The number of methoxy groups -OCH3 is 1. The molecule has 2 rings (SSSR count). The summed E-state index contributed by atoms with van der Waals surface area (Å²) in [6.45, 7) is 14.0. The van der Waals surface area contributed by atoms with Crippen molar-refractivity contribution in [1.29, 1.82) is 0 Å². The number of nitrogens with zero attached hydrogens (tertiary/aromatic N) is 1. The Hall–Kier alpha value is -3.34. The third kappa shape index (κ3) is 9.11. The highest BCUT2D eigenvalue weighted by Gasteiger charge is 2.48. The van der Waals surface area contributed by atoms with Gasteiger partial charge in [0.05, 0.1) is 18.8 Å². The lowest BCUT2D eigenvalue weighted by Gasteiger charge is -2.35. The molecule has 1 aromatic carbocycles. The van der Waals surface area contributed by atoms with Crippen LogP contribution in [0.3, 0.4) is 0 Å². The highest BCUT2D eigenvalue weighted by atomic mass is 16.6. The Morgan fingerprint density at radius 1 is 1.02 bits per heavy atom. The van der Waals surface area contributed by atoms with E-state index in [1.807, 2.05) is 20.8 Å². The van der Waals surface area contributed by atoms with Crippen molar-refractivity contribution in [1.82, 2.24) is 15.5 Å². The van der Waals surface area contributed by atoms with Crippen LogP contribution in [0.25, 0.3) is 0 Å². The number of rotatable bonds is 10. The number of carbonyl (C=O) groups is 4. The minimum atomic E-state index is -1.39. The lowest BCUT2D eigenvalue weighted by molar-refractivity contribution is -0.156. The third-order valence-corrected chi connectivity index (χ3v) is 6.54. The van der Waals surface area contributed by atoms with E-state index in [0.717, 1.165) is 5.56 Å². The molecule has 0 bridgehead atoms. The summed E-state index contributed by atoms with van der Waals surface area (Å²) in [6.07, 6.45) is -0.685. The number of benzene rings is 1. The smallest absolute Gasteiger partial charge is 0.408 e. The van der Waals surface area contributed by atoms with Crippen molar-refractivity contribution in [3.8, 4) is 5.75 Å². The summed E-state index contributed by atoms with van der Waals surface area (Å²) < 4.78 is 16.6. The number of carboxylic acids is 1. The van der Waals surface area contributed by atoms with Crippen molar-refractivity contribution in [3.05, 3.63) is 29.8 Å². The van der Waals surface area contributed by atoms with Crippen molar-refractivity contribution >= 4 is 23.9 Å². The molecule has 224 valence electrons. The third-order valence-electron chi connectivity index (χ3n) is 6.54. The zero-order valence-corrected chi connectivity index (χ0v) is 25.1. The van der Waals surface area contributed by atoms with E-state index in [-0.39, 0.29) is 13.0 Å². The van der Waals surface area contributed by atoms with Gasteiger partial charge in [0.15, 0.2) is 0 Å². The molecule has 0 spiro atoms. The van der Waals surface area contributed by atoms with Crippen LogP contribution in [0.1, 0.15) is 73.8 Å². The van der Waals surface area contributed by atoms with Crippen LogP contribution in [-0.4, -0.2) is 82.5 Å². The first kappa shape index (κ1) is 32.9. The first-order valence-electron chi connectivity index (χ1n) is 13.5. The van der Waals surface area contributed by atoms with Gasteiger partial charge in [0.2, 0.25) is 11.8 Å². The Labute approximate surface area is 236 Å². The fourth-order valence-corrected chi connectivity index (χ4v) is 4.64. The molecule has 0 aromatic heterocycles. The number of aliphatic carboxylic acids is 1. The topological polar surface area (TPSA) is 144 Å². The molecule has 1 saturated heterocycles. The molecule has 1 aliphatic heterocycles. The van der Waals surface area contributed by atoms with Gasteiger partial charge in [0.25, 0.3) is 0 Å². The van der Waals surface area contributed by atoms with Gasteiger partial charge in [-0.15, -0.1) is 0 Å². The van der Waals surface area contributed by atoms with E-state index < -0.39 is 58.8 Å². The maximum atomic E-state index is 13.8. The molecule has 2 unspecified atom stereocenters. The van der Waals surface area contributed by atoms with Gasteiger partial charge in [-0.3, -0.25) is 9.59 Å². The lowest BCUT2D eigenvalue weighted by Crippen LogP contribution is -2.61. The van der Waals surface area contributed by atoms with E-state index in [1.165, 1.54) is 11.8 Å². The highest BCUT2D eigenvalue weighted by Crippen LogP contribution is 2.30. The molecule has 0 radical (unpaired) electrons. The maximum Gasteiger partial charge on any atom is 0.408 e. The highest BCUT2D eigenvalue weighted by molar-refractivity contribution is 5.94. The predicted molar refractivity (Wildman–Crippen MR) is 149 cm³/mol. The number of hydrogen-bond donors (Lipinski definition) is 3. The summed E-state index contributed by atoms with van der Waals surface area (Å²) in [5.74, 6) is -1.66. The second-order valence-electron chi connectivity index (χ2n) is 12.3. The van der Waals surface area contributed by atoms with Gasteiger partial charge in [0.1, 0.15) is 29.0 Å². The van der Waals surface area contributed by atoms with Crippen LogP contribution in [0.5, 0.6) is 5.75 Å². The molecule has 11 heteroatoms. The Bertz CT molecular complexity index is 1060. The van der Waals surface area contributed by atoms with Gasteiger partial charge in [-0.2, -0.15) is 0 Å². The molecule has 11 nitrogen and oxygen atoms in total. The van der Waals surface area contributed by atoms with E-state index in [2.05, 4.69) is 10.6 Å². The van der Waals surface area contributed by atoms with E-state index >= 15 is 0 Å². The Morgan fingerprint density at radius 2 is 1.62 bits per heavy atom. The molecule has 0 saturated carbocycles. The molecule has 4 atom stereocenters. The average molecular weight is 564 g/mol. The van der Waals surface area contributed by atoms with Crippen LogP contribution in [0.4, 0.5) is 4.79 Å². The molecule has 3 amide bonds. The molecule has 1 aliphatic rings. The van der Waals surface area contributed by atoms with Crippen molar-refractivity contribution in [2.45, 2.75) is 110 Å². The first-order chi connectivity index (χ1) is 18.4. The van der Waals surface area contributed by atoms with Gasteiger partial charge in [-0.25, -0.2) is 9.59 Å². The molecular formula is C29H45N3O8. The minimum absolute atomic E-state index is 0.0917. The summed E-state index contributed by atoms with van der Waals surface area (Å²) in [5.41, 5.74) is -2.10. The number of nitrogens with one attached hydrogen (secondary N) is 2. The van der Waals surface area contributed by atoms with Crippen LogP contribution in [-0.2, 0) is 30.3 Å². The molecule has 0 aliphatic carbocycles. The van der Waals surface area contributed by atoms with E-state index in [0.29, 0.717) is 18.6 Å². The van der Waals surface area contributed by atoms with Gasteiger partial charge in [-0.1, -0.05) is 12.1 Å². The number of likely N-dealkylation sites (tertiary alicyclic amines) is 1. The van der Waals surface area contributed by atoms with Crippen LogP contribution in [0.2, 0.25) is 0 Å². The molecular weight excluding hydrogens is 518 g/mol. The fourth-order valence-electron chi connectivity index (χ4n) is 4.64. The van der Waals surface area contributed by atoms with Crippen molar-refractivity contribution in [2.75, 3.05) is 13.7 Å². The lowest BCUT2D eigenvalue weighted by atomic mass is 9.97. The predicted octanol–water partition coefficient (Wildman–Crippen LogP) is 3.29. The number of ether oxygens (including phenoxy) is 3. The first-order valence-corrected chi connectivity index (χ1v) is 13.5. The quantitative estimate of drug-likeness (QED) is 0.394. The molecule has 1 heterocycles. The monoisotopic (exact) mass is 563 g/mol. The minimum Gasteiger partial charge on any atom is -0.497 e. The van der Waals surface area contributed by atoms with Gasteiger partial charge in [-0.05, 0) is 85.9 Å². The summed E-state index contributed by atoms with van der Waals surface area (Å²) in [4.78, 5) is 53.6. The average Bonchev–Trinajstić information content (AvgIpc) is 3.22. The Kier molecular flexibility index (Phi) is 10.6. The van der Waals surface area contributed by atoms with E-state index in [4.69, 9.17) is 14.2 Å². The molecule has 3 N–H and O–H groups in total. The van der Waals surface area contributed by atoms with Crippen LogP contribution < -0.4 is 15.4 Å². The number of amides is 3. The zero-order chi connectivity index (χ0) is 30.5. The summed E-state index contributed by atoms with van der Waals surface area (Å²) >= 11 is 0. The summed E-state index contributed by atoms with van der Waals surface area (Å²) in [7, 11) is 1.54. The van der Waals surface area contributed by atoms with Gasteiger partial charge < -0.3 is 34.9 Å². The Balaban J connectivity index is 2.41. The standard InChI is InChI=1S/C29H45N3O8/c1-18(39-27(2,3)4)22(31-26(37)40-28(5,6)7)23(33)30-21(17-19-11-13-20(38-9)14-12-19)24(34)32-16-10-15-29(32,8)25(35)36/h11-14,18,21-22H,10,15-17H2,1-9H3,(H,30,33)(H,31,37)(H,35,36)/t18-,21?,22+,29?/m1/s1. The number of carboxylic acid groups (broad SMARTS) is 1. The van der Waals surface area contributed by atoms with Crippen molar-refractivity contribution in [3.63, 3.8) is 0 Å². The number of alkyl carbamates (subject to hydrolysis) is 1. The van der Waals surface area contributed by atoms with Gasteiger partial charge in [0, 0.05) is 13.0 Å². The number of carbonyl (C=O) groups excluding carboxylic acids is 3. The second-order valence-corrected chi connectivity index (χ2v) is 12.3.